The number of rotatable bonds is 5. The standard InChI is InChI=1S/C22H25Br2NO4S/c1-22(2,3)29-21(27)25-12-15(9-16-11-17(23)19(24)30-16)10-18(25)20(26)28-13-14-7-5-4-6-8-14/h4-8,11,15,18H,9-10,12-13H2,1-3H3. The lowest BCUT2D eigenvalue weighted by molar-refractivity contribution is -0.150. The van der Waals surface area contributed by atoms with Gasteiger partial charge in [-0.05, 0) is 83.0 Å². The van der Waals surface area contributed by atoms with Crippen molar-refractivity contribution in [2.75, 3.05) is 6.54 Å². The van der Waals surface area contributed by atoms with Gasteiger partial charge in [-0.25, -0.2) is 9.59 Å². The summed E-state index contributed by atoms with van der Waals surface area (Å²) in [7, 11) is 0. The first kappa shape index (κ1) is 23.3. The number of hydrogen-bond donors (Lipinski definition) is 0. The van der Waals surface area contributed by atoms with E-state index in [1.165, 1.54) is 9.78 Å². The van der Waals surface area contributed by atoms with Gasteiger partial charge in [0.05, 0.1) is 3.79 Å². The quantitative estimate of drug-likeness (QED) is 0.411. The minimum Gasteiger partial charge on any atom is -0.459 e. The Kier molecular flexibility index (Phi) is 7.63. The molecule has 2 heterocycles. The molecule has 3 rings (SSSR count). The Hall–Kier alpha value is -1.38. The molecular formula is C22H25Br2NO4S. The van der Waals surface area contributed by atoms with Gasteiger partial charge in [0, 0.05) is 15.9 Å². The molecule has 2 atom stereocenters. The molecule has 1 aliphatic heterocycles. The van der Waals surface area contributed by atoms with Crippen LogP contribution in [0.5, 0.6) is 0 Å². The van der Waals surface area contributed by atoms with Crippen LogP contribution in [0.3, 0.4) is 0 Å². The maximum absolute atomic E-state index is 12.9. The van der Waals surface area contributed by atoms with Gasteiger partial charge < -0.3 is 9.47 Å². The molecule has 1 aromatic carbocycles. The topological polar surface area (TPSA) is 55.8 Å². The number of carbonyl (C=O) groups is 2. The summed E-state index contributed by atoms with van der Waals surface area (Å²) in [5.74, 6) is -0.231. The van der Waals surface area contributed by atoms with Crippen molar-refractivity contribution in [3.05, 3.63) is 55.1 Å². The number of nitrogens with zero attached hydrogens (tertiary/aromatic N) is 1. The molecule has 0 bridgehead atoms. The summed E-state index contributed by atoms with van der Waals surface area (Å²) in [4.78, 5) is 28.4. The number of benzene rings is 1. The number of likely N-dealkylation sites (tertiary alicyclic amines) is 1. The van der Waals surface area contributed by atoms with Gasteiger partial charge in [0.1, 0.15) is 18.2 Å². The van der Waals surface area contributed by atoms with E-state index in [1.54, 1.807) is 11.3 Å². The van der Waals surface area contributed by atoms with Crippen LogP contribution < -0.4 is 0 Å². The lowest BCUT2D eigenvalue weighted by Crippen LogP contribution is -2.44. The first-order chi connectivity index (χ1) is 14.1. The summed E-state index contributed by atoms with van der Waals surface area (Å²) in [6.07, 6.45) is 0.872. The van der Waals surface area contributed by atoms with E-state index in [2.05, 4.69) is 37.9 Å². The molecule has 162 valence electrons. The largest absolute Gasteiger partial charge is 0.459 e. The lowest BCUT2D eigenvalue weighted by atomic mass is 10.0. The Morgan fingerprint density at radius 3 is 2.50 bits per heavy atom. The highest BCUT2D eigenvalue weighted by Gasteiger charge is 2.42. The maximum Gasteiger partial charge on any atom is 0.411 e. The van der Waals surface area contributed by atoms with Crippen LogP contribution in [0.25, 0.3) is 0 Å². The summed E-state index contributed by atoms with van der Waals surface area (Å²) in [6, 6.07) is 11.0. The number of ether oxygens (including phenoxy) is 2. The third kappa shape index (κ3) is 6.31. The lowest BCUT2D eigenvalue weighted by Gasteiger charge is -2.27. The van der Waals surface area contributed by atoms with E-state index >= 15 is 0 Å². The SMILES string of the molecule is CC(C)(C)OC(=O)N1CC(Cc2cc(Br)c(Br)s2)CC1C(=O)OCc1ccccc1. The highest BCUT2D eigenvalue weighted by molar-refractivity contribution is 9.13. The number of amides is 1. The first-order valence-corrected chi connectivity index (χ1v) is 12.2. The summed E-state index contributed by atoms with van der Waals surface area (Å²) in [5, 5.41) is 0. The number of esters is 1. The molecule has 0 saturated carbocycles. The fourth-order valence-corrected chi connectivity index (χ4v) is 5.71. The molecule has 5 nitrogen and oxygen atoms in total. The Morgan fingerprint density at radius 2 is 1.90 bits per heavy atom. The highest BCUT2D eigenvalue weighted by atomic mass is 79.9. The highest BCUT2D eigenvalue weighted by Crippen LogP contribution is 2.36. The van der Waals surface area contributed by atoms with E-state index in [1.807, 2.05) is 51.1 Å². The predicted molar refractivity (Wildman–Crippen MR) is 124 cm³/mol. The second-order valence-electron chi connectivity index (χ2n) is 8.38. The predicted octanol–water partition coefficient (Wildman–Crippen LogP) is 6.18. The van der Waals surface area contributed by atoms with Gasteiger partial charge in [0.15, 0.2) is 0 Å². The molecule has 0 N–H and O–H groups in total. The Morgan fingerprint density at radius 1 is 1.20 bits per heavy atom. The van der Waals surface area contributed by atoms with Crippen LogP contribution in [-0.4, -0.2) is 35.2 Å². The number of thiophene rings is 1. The van der Waals surface area contributed by atoms with E-state index in [0.29, 0.717) is 13.0 Å². The zero-order valence-corrected chi connectivity index (χ0v) is 21.2. The Bertz CT molecular complexity index is 875. The van der Waals surface area contributed by atoms with Crippen molar-refractivity contribution in [1.82, 2.24) is 4.90 Å². The van der Waals surface area contributed by atoms with E-state index < -0.39 is 17.7 Å². The van der Waals surface area contributed by atoms with Crippen molar-refractivity contribution < 1.29 is 19.1 Å². The van der Waals surface area contributed by atoms with Crippen molar-refractivity contribution in [2.24, 2.45) is 5.92 Å². The first-order valence-electron chi connectivity index (χ1n) is 9.76. The van der Waals surface area contributed by atoms with Crippen molar-refractivity contribution in [3.8, 4) is 0 Å². The van der Waals surface area contributed by atoms with Crippen LogP contribution in [0.15, 0.2) is 44.7 Å². The van der Waals surface area contributed by atoms with Crippen LogP contribution in [0.1, 0.15) is 37.6 Å². The van der Waals surface area contributed by atoms with E-state index in [-0.39, 0.29) is 18.5 Å². The van der Waals surface area contributed by atoms with E-state index in [9.17, 15) is 9.59 Å². The van der Waals surface area contributed by atoms with Gasteiger partial charge in [-0.3, -0.25) is 4.90 Å². The molecule has 0 spiro atoms. The monoisotopic (exact) mass is 557 g/mol. The van der Waals surface area contributed by atoms with Crippen molar-refractivity contribution >= 4 is 55.3 Å². The third-order valence-corrected chi connectivity index (χ3v) is 7.98. The molecule has 0 aliphatic carbocycles. The summed E-state index contributed by atoms with van der Waals surface area (Å²) in [6.45, 7) is 6.12. The Labute approximate surface area is 198 Å². The van der Waals surface area contributed by atoms with Gasteiger partial charge in [0.2, 0.25) is 0 Å². The smallest absolute Gasteiger partial charge is 0.411 e. The van der Waals surface area contributed by atoms with Gasteiger partial charge in [-0.1, -0.05) is 30.3 Å². The number of halogens is 2. The molecular weight excluding hydrogens is 534 g/mol. The maximum atomic E-state index is 12.9. The molecule has 2 unspecified atom stereocenters. The minimum absolute atomic E-state index is 0.157. The normalized spacial score (nSPS) is 19.0. The van der Waals surface area contributed by atoms with Crippen LogP contribution in [0, 0.1) is 5.92 Å². The van der Waals surface area contributed by atoms with Gasteiger partial charge in [0.25, 0.3) is 0 Å². The number of carbonyl (C=O) groups excluding carboxylic acids is 2. The van der Waals surface area contributed by atoms with Crippen LogP contribution >= 0.6 is 43.2 Å². The zero-order valence-electron chi connectivity index (χ0n) is 17.2. The van der Waals surface area contributed by atoms with E-state index in [0.717, 1.165) is 20.2 Å². The average Bonchev–Trinajstić information content (AvgIpc) is 3.22. The zero-order chi connectivity index (χ0) is 21.9. The molecule has 1 amide bonds. The molecule has 1 saturated heterocycles. The minimum atomic E-state index is -0.639. The van der Waals surface area contributed by atoms with Gasteiger partial charge >= 0.3 is 12.1 Å². The summed E-state index contributed by atoms with van der Waals surface area (Å²) in [5.41, 5.74) is 0.287. The van der Waals surface area contributed by atoms with Gasteiger partial charge in [-0.2, -0.15) is 0 Å². The van der Waals surface area contributed by atoms with Crippen molar-refractivity contribution in [2.45, 2.75) is 51.9 Å². The Balaban J connectivity index is 1.70. The number of hydrogen-bond acceptors (Lipinski definition) is 5. The molecule has 1 aliphatic rings. The third-order valence-electron chi connectivity index (χ3n) is 4.70. The second-order valence-corrected chi connectivity index (χ2v) is 11.7. The molecule has 1 aromatic heterocycles. The molecule has 8 heteroatoms. The molecule has 1 fully saturated rings. The second kappa shape index (κ2) is 9.83. The fourth-order valence-electron chi connectivity index (χ4n) is 3.42. The van der Waals surface area contributed by atoms with Gasteiger partial charge in [-0.15, -0.1) is 11.3 Å². The van der Waals surface area contributed by atoms with Crippen LogP contribution in [0.2, 0.25) is 0 Å². The summed E-state index contributed by atoms with van der Waals surface area (Å²) >= 11 is 8.70. The fraction of sp³-hybridized carbons (Fsp3) is 0.455. The van der Waals surface area contributed by atoms with Crippen LogP contribution in [-0.2, 0) is 27.3 Å². The molecule has 0 radical (unpaired) electrons. The van der Waals surface area contributed by atoms with Crippen molar-refractivity contribution in [1.29, 1.82) is 0 Å². The van der Waals surface area contributed by atoms with E-state index in [4.69, 9.17) is 9.47 Å². The van der Waals surface area contributed by atoms with Crippen LogP contribution in [0.4, 0.5) is 4.79 Å². The molecule has 2 aromatic rings. The summed E-state index contributed by atoms with van der Waals surface area (Å²) < 4.78 is 13.2. The molecule has 30 heavy (non-hydrogen) atoms. The van der Waals surface area contributed by atoms with Crippen molar-refractivity contribution in [3.63, 3.8) is 0 Å². The average molecular weight is 559 g/mol.